The fraction of sp³-hybridized carbons (Fsp3) is 0.286. The number of pyridine rings is 1. The van der Waals surface area contributed by atoms with Crippen LogP contribution in [-0.2, 0) is 4.74 Å². The number of rotatable bonds is 4. The molecule has 8 heteroatoms. The van der Waals surface area contributed by atoms with Gasteiger partial charge >= 0.3 is 0 Å². The quantitative estimate of drug-likeness (QED) is 0.491. The summed E-state index contributed by atoms with van der Waals surface area (Å²) < 4.78 is 8.41. The average molecular weight is 389 g/mol. The van der Waals surface area contributed by atoms with E-state index in [0.717, 1.165) is 34.0 Å². The zero-order valence-electron chi connectivity index (χ0n) is 16.1. The normalized spacial score (nSPS) is 21.8. The van der Waals surface area contributed by atoms with Gasteiger partial charge in [0.2, 0.25) is 0 Å². The molecule has 4 heterocycles. The molecule has 0 aliphatic carbocycles. The summed E-state index contributed by atoms with van der Waals surface area (Å²) in [7, 11) is 0. The highest BCUT2D eigenvalue weighted by Gasteiger charge is 2.33. The third-order valence-corrected chi connectivity index (χ3v) is 5.61. The topological polar surface area (TPSA) is 117 Å². The van der Waals surface area contributed by atoms with E-state index in [2.05, 4.69) is 33.3 Å². The predicted molar refractivity (Wildman–Crippen MR) is 114 cm³/mol. The molecule has 0 saturated carbocycles. The van der Waals surface area contributed by atoms with Gasteiger partial charge in [-0.3, -0.25) is 0 Å². The number of anilines is 3. The van der Waals surface area contributed by atoms with Crippen LogP contribution >= 0.6 is 0 Å². The van der Waals surface area contributed by atoms with Crippen LogP contribution in [0.15, 0.2) is 48.9 Å². The summed E-state index contributed by atoms with van der Waals surface area (Å²) in [6.07, 6.45) is 4.40. The van der Waals surface area contributed by atoms with E-state index in [9.17, 15) is 0 Å². The summed E-state index contributed by atoms with van der Waals surface area (Å²) >= 11 is 0. The van der Waals surface area contributed by atoms with Gasteiger partial charge in [0.05, 0.1) is 17.0 Å². The molecular weight excluding hydrogens is 366 g/mol. The first-order valence-electron chi connectivity index (χ1n) is 9.71. The van der Waals surface area contributed by atoms with Crippen molar-refractivity contribution in [2.45, 2.75) is 25.7 Å². The zero-order valence-corrected chi connectivity index (χ0v) is 16.1. The maximum Gasteiger partial charge on any atom is 0.147 e. The van der Waals surface area contributed by atoms with Gasteiger partial charge in [-0.05, 0) is 42.7 Å². The minimum absolute atomic E-state index is 0.0679. The lowest BCUT2D eigenvalue weighted by molar-refractivity contribution is 0.00546. The van der Waals surface area contributed by atoms with E-state index in [1.165, 1.54) is 6.33 Å². The molecule has 4 aromatic rings. The SMILES string of the molecule is CC1C[C@H](n2ccc3c(N)ncnc32)OC1CNc1ccc2ccc(N)nc2c1. The lowest BCUT2D eigenvalue weighted by atomic mass is 10.0. The Morgan fingerprint density at radius 2 is 2.03 bits per heavy atom. The summed E-state index contributed by atoms with van der Waals surface area (Å²) in [6.45, 7) is 2.92. The molecule has 0 bridgehead atoms. The predicted octanol–water partition coefficient (Wildman–Crippen LogP) is 3.18. The van der Waals surface area contributed by atoms with Crippen molar-refractivity contribution in [3.05, 3.63) is 48.9 Å². The second-order valence-corrected chi connectivity index (χ2v) is 7.59. The van der Waals surface area contributed by atoms with Crippen molar-refractivity contribution in [1.29, 1.82) is 0 Å². The Bertz CT molecular complexity index is 1190. The number of nitrogen functional groups attached to an aromatic ring is 2. The molecule has 2 unspecified atom stereocenters. The van der Waals surface area contributed by atoms with Crippen molar-refractivity contribution in [3.8, 4) is 0 Å². The van der Waals surface area contributed by atoms with Crippen LogP contribution in [0.1, 0.15) is 19.6 Å². The van der Waals surface area contributed by atoms with Crippen molar-refractivity contribution < 1.29 is 4.74 Å². The van der Waals surface area contributed by atoms with Gasteiger partial charge in [0.25, 0.3) is 0 Å². The molecule has 3 aromatic heterocycles. The lowest BCUT2D eigenvalue weighted by Crippen LogP contribution is -2.24. The molecule has 0 spiro atoms. The van der Waals surface area contributed by atoms with Crippen LogP contribution in [0.25, 0.3) is 21.9 Å². The number of aromatic nitrogens is 4. The largest absolute Gasteiger partial charge is 0.384 e. The molecule has 0 amide bonds. The summed E-state index contributed by atoms with van der Waals surface area (Å²) in [6, 6.07) is 11.8. The van der Waals surface area contributed by atoms with E-state index in [1.54, 1.807) is 0 Å². The van der Waals surface area contributed by atoms with E-state index in [-0.39, 0.29) is 12.3 Å². The average Bonchev–Trinajstić information content (AvgIpc) is 3.30. The summed E-state index contributed by atoms with van der Waals surface area (Å²) in [5.74, 6) is 1.41. The molecule has 0 radical (unpaired) electrons. The van der Waals surface area contributed by atoms with Crippen LogP contribution in [0, 0.1) is 5.92 Å². The summed E-state index contributed by atoms with van der Waals surface area (Å²) in [5.41, 5.74) is 14.4. The van der Waals surface area contributed by atoms with Gasteiger partial charge in [-0.15, -0.1) is 0 Å². The number of nitrogens with two attached hydrogens (primary N) is 2. The molecule has 148 valence electrons. The van der Waals surface area contributed by atoms with E-state index in [1.807, 2.05) is 41.1 Å². The monoisotopic (exact) mass is 389 g/mol. The number of fused-ring (bicyclic) bond motifs is 2. The molecule has 1 saturated heterocycles. The Morgan fingerprint density at radius 1 is 1.17 bits per heavy atom. The fourth-order valence-electron chi connectivity index (χ4n) is 3.97. The highest BCUT2D eigenvalue weighted by atomic mass is 16.5. The second kappa shape index (κ2) is 6.89. The van der Waals surface area contributed by atoms with Gasteiger partial charge in [-0.2, -0.15) is 0 Å². The van der Waals surface area contributed by atoms with Crippen molar-refractivity contribution in [2.75, 3.05) is 23.3 Å². The number of benzene rings is 1. The van der Waals surface area contributed by atoms with E-state index < -0.39 is 0 Å². The minimum Gasteiger partial charge on any atom is -0.384 e. The molecule has 29 heavy (non-hydrogen) atoms. The smallest absolute Gasteiger partial charge is 0.147 e. The van der Waals surface area contributed by atoms with Crippen LogP contribution in [0.5, 0.6) is 0 Å². The van der Waals surface area contributed by atoms with Crippen molar-refractivity contribution in [1.82, 2.24) is 19.5 Å². The van der Waals surface area contributed by atoms with Crippen LogP contribution in [0.4, 0.5) is 17.3 Å². The van der Waals surface area contributed by atoms with Gasteiger partial charge < -0.3 is 26.1 Å². The van der Waals surface area contributed by atoms with Crippen molar-refractivity contribution in [2.24, 2.45) is 5.92 Å². The molecule has 1 aliphatic rings. The molecule has 5 rings (SSSR count). The molecule has 1 aromatic carbocycles. The molecular formula is C21H23N7O. The summed E-state index contributed by atoms with van der Waals surface area (Å²) in [4.78, 5) is 12.8. The third-order valence-electron chi connectivity index (χ3n) is 5.61. The van der Waals surface area contributed by atoms with E-state index in [4.69, 9.17) is 16.2 Å². The lowest BCUT2D eigenvalue weighted by Gasteiger charge is -2.18. The molecule has 1 fully saturated rings. The number of nitrogens with zero attached hydrogens (tertiary/aromatic N) is 4. The van der Waals surface area contributed by atoms with Crippen LogP contribution in [-0.4, -0.2) is 32.2 Å². The van der Waals surface area contributed by atoms with Crippen LogP contribution < -0.4 is 16.8 Å². The second-order valence-electron chi connectivity index (χ2n) is 7.59. The van der Waals surface area contributed by atoms with Crippen molar-refractivity contribution in [3.63, 3.8) is 0 Å². The van der Waals surface area contributed by atoms with E-state index in [0.29, 0.717) is 24.1 Å². The first-order valence-corrected chi connectivity index (χ1v) is 9.71. The van der Waals surface area contributed by atoms with Gasteiger partial charge in [0, 0.05) is 23.8 Å². The number of ether oxygens (including phenoxy) is 1. The summed E-state index contributed by atoms with van der Waals surface area (Å²) in [5, 5.41) is 5.40. The van der Waals surface area contributed by atoms with Gasteiger partial charge in [-0.1, -0.05) is 13.0 Å². The Balaban J connectivity index is 1.30. The Kier molecular flexibility index (Phi) is 4.21. The van der Waals surface area contributed by atoms with Crippen LogP contribution in [0.2, 0.25) is 0 Å². The molecule has 1 aliphatic heterocycles. The van der Waals surface area contributed by atoms with Crippen LogP contribution in [0.3, 0.4) is 0 Å². The molecule has 3 atom stereocenters. The van der Waals surface area contributed by atoms with Gasteiger partial charge in [-0.25, -0.2) is 15.0 Å². The maximum absolute atomic E-state index is 6.36. The standard InChI is InChI=1S/C21H23N7O/c1-12-8-19(28-7-6-15-20(23)25-11-26-21(15)28)29-17(12)10-24-14-4-2-13-3-5-18(22)27-16(13)9-14/h2-7,9,11-12,17,19,24H,8,10H2,1H3,(H2,22,27)(H2,23,25,26)/t12?,17?,19-/m1/s1. The zero-order chi connectivity index (χ0) is 20.0. The Labute approximate surface area is 167 Å². The number of hydrogen-bond acceptors (Lipinski definition) is 7. The Hall–Kier alpha value is -3.39. The first kappa shape index (κ1) is 17.7. The fourth-order valence-corrected chi connectivity index (χ4v) is 3.97. The minimum atomic E-state index is -0.0679. The first-order chi connectivity index (χ1) is 14.1. The van der Waals surface area contributed by atoms with Crippen molar-refractivity contribution >= 4 is 39.3 Å². The van der Waals surface area contributed by atoms with E-state index >= 15 is 0 Å². The highest BCUT2D eigenvalue weighted by molar-refractivity contribution is 5.86. The maximum atomic E-state index is 6.36. The number of hydrogen-bond donors (Lipinski definition) is 3. The third kappa shape index (κ3) is 3.21. The highest BCUT2D eigenvalue weighted by Crippen LogP contribution is 2.35. The van der Waals surface area contributed by atoms with Gasteiger partial charge in [0.1, 0.15) is 29.8 Å². The Morgan fingerprint density at radius 3 is 2.93 bits per heavy atom. The number of nitrogens with one attached hydrogen (secondary N) is 1. The molecule has 5 N–H and O–H groups in total. The molecule has 8 nitrogen and oxygen atoms in total. The van der Waals surface area contributed by atoms with Gasteiger partial charge in [0.15, 0.2) is 0 Å².